The number of nitrogens with one attached hydrogen (secondary N) is 1. The molecular weight excluding hydrogens is 326 g/mol. The molecule has 134 valence electrons. The number of hydrogen-bond acceptors (Lipinski definition) is 4. The van der Waals surface area contributed by atoms with Crippen molar-refractivity contribution in [3.8, 4) is 5.75 Å². The fraction of sp³-hybridized carbons (Fsp3) is 0.611. The van der Waals surface area contributed by atoms with Crippen LogP contribution in [-0.2, 0) is 11.3 Å². The number of halogens is 1. The van der Waals surface area contributed by atoms with E-state index in [9.17, 15) is 4.79 Å². The SMILES string of the molecule is COc1ccc(CN(C(=O)CN2CCCNCC2)C2CC2)cc1.Cl. The van der Waals surface area contributed by atoms with Crippen LogP contribution >= 0.6 is 12.4 Å². The van der Waals surface area contributed by atoms with E-state index in [4.69, 9.17) is 4.74 Å². The van der Waals surface area contributed by atoms with Crippen molar-refractivity contribution < 1.29 is 9.53 Å². The van der Waals surface area contributed by atoms with Crippen LogP contribution in [0.1, 0.15) is 24.8 Å². The number of amides is 1. The zero-order valence-corrected chi connectivity index (χ0v) is 15.2. The molecule has 2 aliphatic rings. The number of carbonyl (C=O) groups excluding carboxylic acids is 1. The van der Waals surface area contributed by atoms with E-state index in [1.165, 1.54) is 5.56 Å². The van der Waals surface area contributed by atoms with Gasteiger partial charge in [0.2, 0.25) is 5.91 Å². The lowest BCUT2D eigenvalue weighted by molar-refractivity contribution is -0.133. The van der Waals surface area contributed by atoms with Crippen LogP contribution in [0.25, 0.3) is 0 Å². The number of methoxy groups -OCH3 is 1. The third kappa shape index (κ3) is 5.36. The number of ether oxygens (including phenoxy) is 1. The molecule has 0 atom stereocenters. The van der Waals surface area contributed by atoms with E-state index in [1.54, 1.807) is 7.11 Å². The van der Waals surface area contributed by atoms with Crippen molar-refractivity contribution in [2.45, 2.75) is 31.8 Å². The molecular formula is C18H28ClN3O2. The van der Waals surface area contributed by atoms with Gasteiger partial charge in [-0.1, -0.05) is 12.1 Å². The molecule has 1 aromatic carbocycles. The molecule has 5 nitrogen and oxygen atoms in total. The van der Waals surface area contributed by atoms with Gasteiger partial charge in [0, 0.05) is 25.7 Å². The van der Waals surface area contributed by atoms with E-state index >= 15 is 0 Å². The zero-order valence-electron chi connectivity index (χ0n) is 14.4. The van der Waals surface area contributed by atoms with Crippen LogP contribution in [0.2, 0.25) is 0 Å². The van der Waals surface area contributed by atoms with Crippen LogP contribution in [0, 0.1) is 0 Å². The summed E-state index contributed by atoms with van der Waals surface area (Å²) in [5, 5.41) is 3.39. The first-order chi connectivity index (χ1) is 11.3. The van der Waals surface area contributed by atoms with Gasteiger partial charge in [-0.2, -0.15) is 0 Å². The number of nitrogens with zero attached hydrogens (tertiary/aromatic N) is 2. The molecule has 1 N–H and O–H groups in total. The van der Waals surface area contributed by atoms with E-state index in [2.05, 4.69) is 27.2 Å². The highest BCUT2D eigenvalue weighted by molar-refractivity contribution is 5.85. The molecule has 1 heterocycles. The smallest absolute Gasteiger partial charge is 0.237 e. The predicted octanol–water partition coefficient (Wildman–Crippen LogP) is 1.90. The maximum Gasteiger partial charge on any atom is 0.237 e. The standard InChI is InChI=1S/C18H27N3O2.ClH/c1-23-17-7-3-15(4-8-17)13-21(16-5-6-16)18(22)14-20-11-2-9-19-10-12-20;/h3-4,7-8,16,19H,2,5-6,9-14H2,1H3;1H. The Kier molecular flexibility index (Phi) is 7.34. The molecule has 0 spiro atoms. The molecule has 2 fully saturated rings. The molecule has 1 aliphatic heterocycles. The molecule has 0 bridgehead atoms. The van der Waals surface area contributed by atoms with Crippen molar-refractivity contribution in [1.29, 1.82) is 0 Å². The van der Waals surface area contributed by atoms with Gasteiger partial charge < -0.3 is 15.0 Å². The van der Waals surface area contributed by atoms with Crippen molar-refractivity contribution in [2.24, 2.45) is 0 Å². The number of benzene rings is 1. The maximum absolute atomic E-state index is 12.8. The first-order valence-corrected chi connectivity index (χ1v) is 8.62. The summed E-state index contributed by atoms with van der Waals surface area (Å²) in [4.78, 5) is 17.1. The summed E-state index contributed by atoms with van der Waals surface area (Å²) in [6.45, 7) is 5.28. The maximum atomic E-state index is 12.8. The zero-order chi connectivity index (χ0) is 16.1. The number of rotatable bonds is 6. The summed E-state index contributed by atoms with van der Waals surface area (Å²) in [5.41, 5.74) is 1.17. The second kappa shape index (κ2) is 9.25. The minimum atomic E-state index is 0. The molecule has 6 heteroatoms. The Labute approximate surface area is 150 Å². The summed E-state index contributed by atoms with van der Waals surface area (Å²) < 4.78 is 5.20. The monoisotopic (exact) mass is 353 g/mol. The van der Waals surface area contributed by atoms with Crippen molar-refractivity contribution in [1.82, 2.24) is 15.1 Å². The van der Waals surface area contributed by atoms with Crippen LogP contribution in [0.3, 0.4) is 0 Å². The van der Waals surface area contributed by atoms with Gasteiger partial charge in [-0.15, -0.1) is 12.4 Å². The van der Waals surface area contributed by atoms with E-state index < -0.39 is 0 Å². The van der Waals surface area contributed by atoms with Gasteiger partial charge in [-0.3, -0.25) is 9.69 Å². The van der Waals surface area contributed by atoms with E-state index in [1.807, 2.05) is 12.1 Å². The molecule has 1 amide bonds. The van der Waals surface area contributed by atoms with Crippen molar-refractivity contribution >= 4 is 18.3 Å². The second-order valence-electron chi connectivity index (χ2n) is 6.48. The van der Waals surface area contributed by atoms with Crippen molar-refractivity contribution in [3.63, 3.8) is 0 Å². The van der Waals surface area contributed by atoms with Crippen LogP contribution < -0.4 is 10.1 Å². The minimum Gasteiger partial charge on any atom is -0.497 e. The third-order valence-electron chi connectivity index (χ3n) is 4.61. The van der Waals surface area contributed by atoms with Gasteiger partial charge in [-0.05, 0) is 50.0 Å². The normalized spacial score (nSPS) is 18.4. The Bertz CT molecular complexity index is 512. The van der Waals surface area contributed by atoms with Gasteiger partial charge in [0.05, 0.1) is 13.7 Å². The Morgan fingerprint density at radius 2 is 2.00 bits per heavy atom. The number of hydrogen-bond donors (Lipinski definition) is 1. The van der Waals surface area contributed by atoms with Gasteiger partial charge >= 0.3 is 0 Å². The lowest BCUT2D eigenvalue weighted by atomic mass is 10.2. The molecule has 3 rings (SSSR count). The number of carbonyl (C=O) groups is 1. The first kappa shape index (κ1) is 19.0. The minimum absolute atomic E-state index is 0. The molecule has 0 radical (unpaired) electrons. The topological polar surface area (TPSA) is 44.8 Å². The fourth-order valence-corrected chi connectivity index (χ4v) is 3.08. The van der Waals surface area contributed by atoms with Crippen molar-refractivity contribution in [2.75, 3.05) is 39.8 Å². The van der Waals surface area contributed by atoms with Crippen LogP contribution in [0.5, 0.6) is 5.75 Å². The quantitative estimate of drug-likeness (QED) is 0.848. The average molecular weight is 354 g/mol. The highest BCUT2D eigenvalue weighted by atomic mass is 35.5. The molecule has 1 saturated heterocycles. The van der Waals surface area contributed by atoms with Crippen LogP contribution in [0.15, 0.2) is 24.3 Å². The summed E-state index contributed by atoms with van der Waals surface area (Å²) >= 11 is 0. The molecule has 0 aromatic heterocycles. The molecule has 24 heavy (non-hydrogen) atoms. The highest BCUT2D eigenvalue weighted by Gasteiger charge is 2.33. The summed E-state index contributed by atoms with van der Waals surface area (Å²) in [6, 6.07) is 8.47. The molecule has 0 unspecified atom stereocenters. The largest absolute Gasteiger partial charge is 0.497 e. The van der Waals surface area contributed by atoms with Crippen LogP contribution in [0.4, 0.5) is 0 Å². The van der Waals surface area contributed by atoms with Gasteiger partial charge in [0.15, 0.2) is 0 Å². The summed E-state index contributed by atoms with van der Waals surface area (Å²) in [5.74, 6) is 1.13. The van der Waals surface area contributed by atoms with E-state index in [0.29, 0.717) is 19.1 Å². The Morgan fingerprint density at radius 1 is 1.25 bits per heavy atom. The van der Waals surface area contributed by atoms with E-state index in [0.717, 1.165) is 51.2 Å². The predicted molar refractivity (Wildman–Crippen MR) is 97.7 cm³/mol. The lowest BCUT2D eigenvalue weighted by Crippen LogP contribution is -2.42. The average Bonchev–Trinajstić information content (AvgIpc) is 3.41. The van der Waals surface area contributed by atoms with Gasteiger partial charge in [-0.25, -0.2) is 0 Å². The summed E-state index contributed by atoms with van der Waals surface area (Å²) in [7, 11) is 1.67. The second-order valence-corrected chi connectivity index (χ2v) is 6.48. The highest BCUT2D eigenvalue weighted by Crippen LogP contribution is 2.29. The lowest BCUT2D eigenvalue weighted by Gasteiger charge is -2.27. The van der Waals surface area contributed by atoms with Crippen molar-refractivity contribution in [3.05, 3.63) is 29.8 Å². The first-order valence-electron chi connectivity index (χ1n) is 8.62. The van der Waals surface area contributed by atoms with Crippen LogP contribution in [-0.4, -0.2) is 61.6 Å². The Hall–Kier alpha value is -1.30. The molecule has 1 aromatic rings. The van der Waals surface area contributed by atoms with E-state index in [-0.39, 0.29) is 18.3 Å². The fourth-order valence-electron chi connectivity index (χ4n) is 3.08. The van der Waals surface area contributed by atoms with Gasteiger partial charge in [0.1, 0.15) is 5.75 Å². The summed E-state index contributed by atoms with van der Waals surface area (Å²) in [6.07, 6.45) is 3.40. The molecule has 1 saturated carbocycles. The molecule has 1 aliphatic carbocycles. The Morgan fingerprint density at radius 3 is 2.67 bits per heavy atom. The third-order valence-corrected chi connectivity index (χ3v) is 4.61. The Balaban J connectivity index is 0.00000208. The van der Waals surface area contributed by atoms with Gasteiger partial charge in [0.25, 0.3) is 0 Å².